The molecule has 0 atom stereocenters. The van der Waals surface area contributed by atoms with Gasteiger partial charge in [0, 0.05) is 11.6 Å². The molecule has 2 aromatic rings. The molecule has 1 aromatic heterocycles. The van der Waals surface area contributed by atoms with Crippen LogP contribution in [0, 0.1) is 11.7 Å². The number of amides is 2. The van der Waals surface area contributed by atoms with Gasteiger partial charge in [0.25, 0.3) is 5.91 Å². The summed E-state index contributed by atoms with van der Waals surface area (Å²) in [6.45, 7) is 4.36. The van der Waals surface area contributed by atoms with Crippen molar-refractivity contribution in [2.24, 2.45) is 5.92 Å². The van der Waals surface area contributed by atoms with E-state index >= 15 is 0 Å². The van der Waals surface area contributed by atoms with E-state index in [-0.39, 0.29) is 23.4 Å². The quantitative estimate of drug-likeness (QED) is 0.696. The molecule has 0 spiro atoms. The number of hydrogen-bond acceptors (Lipinski definition) is 5. The highest BCUT2D eigenvalue weighted by Gasteiger charge is 2.18. The average molecular weight is 378 g/mol. The van der Waals surface area contributed by atoms with Gasteiger partial charge in [-0.3, -0.25) is 9.59 Å². The van der Waals surface area contributed by atoms with Crippen molar-refractivity contribution in [2.45, 2.75) is 46.1 Å². The summed E-state index contributed by atoms with van der Waals surface area (Å²) in [6.07, 6.45) is 3.64. The highest BCUT2D eigenvalue weighted by atomic mass is 32.1. The second kappa shape index (κ2) is 9.96. The highest BCUT2D eigenvalue weighted by Crippen LogP contribution is 2.16. The van der Waals surface area contributed by atoms with E-state index in [1.165, 1.54) is 18.2 Å². The fourth-order valence-electron chi connectivity index (χ4n) is 2.58. The van der Waals surface area contributed by atoms with Gasteiger partial charge in [-0.05, 0) is 31.0 Å². The fourth-order valence-corrected chi connectivity index (χ4v) is 3.25. The minimum Gasteiger partial charge on any atom is -0.349 e. The number of hydrogen-bond donors (Lipinski definition) is 2. The van der Waals surface area contributed by atoms with E-state index in [0.29, 0.717) is 10.7 Å². The standard InChI is InChI=1S/C18H23FN4O2S/c1-3-6-12(7-4-2)16(24)20-11-15-22-23-18(26-15)17(25)21-14-9-5-8-13(19)10-14/h5,8-10,12H,3-4,6-7,11H2,1-2H3,(H,20,24)(H,21,25). The van der Waals surface area contributed by atoms with Crippen molar-refractivity contribution in [3.05, 3.63) is 40.1 Å². The highest BCUT2D eigenvalue weighted by molar-refractivity contribution is 7.13. The van der Waals surface area contributed by atoms with E-state index in [4.69, 9.17) is 0 Å². The molecule has 2 N–H and O–H groups in total. The van der Waals surface area contributed by atoms with Gasteiger partial charge >= 0.3 is 0 Å². The molecular weight excluding hydrogens is 355 g/mol. The monoisotopic (exact) mass is 378 g/mol. The van der Waals surface area contributed by atoms with Crippen molar-refractivity contribution in [1.29, 1.82) is 0 Å². The number of anilines is 1. The summed E-state index contributed by atoms with van der Waals surface area (Å²) in [5, 5.41) is 13.9. The number of carbonyl (C=O) groups excluding carboxylic acids is 2. The smallest absolute Gasteiger partial charge is 0.286 e. The van der Waals surface area contributed by atoms with E-state index in [2.05, 4.69) is 34.7 Å². The Balaban J connectivity index is 1.90. The first-order valence-electron chi connectivity index (χ1n) is 8.70. The molecule has 0 aliphatic carbocycles. The molecular formula is C18H23FN4O2S. The summed E-state index contributed by atoms with van der Waals surface area (Å²) in [7, 11) is 0. The number of nitrogens with zero attached hydrogens (tertiary/aromatic N) is 2. The summed E-state index contributed by atoms with van der Waals surface area (Å²) in [4.78, 5) is 24.4. The first-order valence-corrected chi connectivity index (χ1v) is 9.52. The maximum Gasteiger partial charge on any atom is 0.286 e. The van der Waals surface area contributed by atoms with Gasteiger partial charge < -0.3 is 10.6 Å². The Labute approximate surface area is 156 Å². The van der Waals surface area contributed by atoms with Crippen molar-refractivity contribution in [3.63, 3.8) is 0 Å². The summed E-state index contributed by atoms with van der Waals surface area (Å²) >= 11 is 1.10. The maximum absolute atomic E-state index is 13.2. The van der Waals surface area contributed by atoms with Crippen LogP contribution in [0.4, 0.5) is 10.1 Å². The van der Waals surface area contributed by atoms with Gasteiger partial charge in [-0.15, -0.1) is 10.2 Å². The number of aromatic nitrogens is 2. The summed E-state index contributed by atoms with van der Waals surface area (Å²) < 4.78 is 13.2. The lowest BCUT2D eigenvalue weighted by Gasteiger charge is -2.14. The molecule has 0 aliphatic rings. The molecule has 0 fully saturated rings. The summed E-state index contributed by atoms with van der Waals surface area (Å²) in [5.41, 5.74) is 0.349. The van der Waals surface area contributed by atoms with Crippen LogP contribution >= 0.6 is 11.3 Å². The van der Waals surface area contributed by atoms with E-state index in [0.717, 1.165) is 37.0 Å². The molecule has 2 amide bonds. The molecule has 0 unspecified atom stereocenters. The Kier molecular flexibility index (Phi) is 7.65. The van der Waals surface area contributed by atoms with E-state index < -0.39 is 11.7 Å². The third kappa shape index (κ3) is 5.87. The third-order valence-electron chi connectivity index (χ3n) is 3.80. The van der Waals surface area contributed by atoms with Crippen LogP contribution in [-0.2, 0) is 11.3 Å². The van der Waals surface area contributed by atoms with Gasteiger partial charge in [-0.25, -0.2) is 4.39 Å². The van der Waals surface area contributed by atoms with Gasteiger partial charge in [0.05, 0.1) is 6.54 Å². The average Bonchev–Trinajstić information content (AvgIpc) is 3.09. The maximum atomic E-state index is 13.2. The Morgan fingerprint density at radius 2 is 1.92 bits per heavy atom. The van der Waals surface area contributed by atoms with Crippen LogP contribution in [0.3, 0.4) is 0 Å². The Bertz CT molecular complexity index is 744. The number of carbonyl (C=O) groups is 2. The molecule has 0 radical (unpaired) electrons. The first kappa shape index (κ1) is 20.0. The number of rotatable bonds is 9. The molecule has 8 heteroatoms. The van der Waals surface area contributed by atoms with E-state index in [9.17, 15) is 14.0 Å². The first-order chi connectivity index (χ1) is 12.5. The lowest BCUT2D eigenvalue weighted by Crippen LogP contribution is -2.30. The zero-order valence-electron chi connectivity index (χ0n) is 14.9. The van der Waals surface area contributed by atoms with Crippen LogP contribution in [0.25, 0.3) is 0 Å². The van der Waals surface area contributed by atoms with Crippen molar-refractivity contribution < 1.29 is 14.0 Å². The molecule has 2 rings (SSSR count). The molecule has 0 saturated heterocycles. The van der Waals surface area contributed by atoms with E-state index in [1.807, 2.05) is 0 Å². The SMILES string of the molecule is CCCC(CCC)C(=O)NCc1nnc(C(=O)Nc2cccc(F)c2)s1. The van der Waals surface area contributed by atoms with E-state index in [1.54, 1.807) is 6.07 Å². The van der Waals surface area contributed by atoms with Crippen LogP contribution in [0.2, 0.25) is 0 Å². The Morgan fingerprint density at radius 3 is 2.58 bits per heavy atom. The molecule has 140 valence electrons. The van der Waals surface area contributed by atoms with Crippen LogP contribution < -0.4 is 10.6 Å². The van der Waals surface area contributed by atoms with Gasteiger partial charge in [0.2, 0.25) is 10.9 Å². The van der Waals surface area contributed by atoms with Gasteiger partial charge in [0.15, 0.2) is 0 Å². The largest absolute Gasteiger partial charge is 0.349 e. The lowest BCUT2D eigenvalue weighted by atomic mass is 9.97. The fraction of sp³-hybridized carbons (Fsp3) is 0.444. The second-order valence-corrected chi connectivity index (χ2v) is 7.02. The number of halogens is 1. The van der Waals surface area contributed by atoms with Crippen LogP contribution in [0.5, 0.6) is 0 Å². The molecule has 26 heavy (non-hydrogen) atoms. The normalized spacial score (nSPS) is 10.8. The Hall–Kier alpha value is -2.35. The molecule has 1 heterocycles. The summed E-state index contributed by atoms with van der Waals surface area (Å²) in [5.74, 6) is -0.874. The molecule has 0 aliphatic heterocycles. The zero-order chi connectivity index (χ0) is 18.9. The van der Waals surface area contributed by atoms with Gasteiger partial charge in [0.1, 0.15) is 10.8 Å². The van der Waals surface area contributed by atoms with Crippen LogP contribution in [0.1, 0.15) is 54.3 Å². The minimum atomic E-state index is -0.458. The molecule has 0 bridgehead atoms. The predicted octanol–water partition coefficient (Wildman–Crippen LogP) is 3.76. The summed E-state index contributed by atoms with van der Waals surface area (Å²) in [6, 6.07) is 5.62. The van der Waals surface area contributed by atoms with Gasteiger partial charge in [-0.1, -0.05) is 44.1 Å². The topological polar surface area (TPSA) is 84.0 Å². The lowest BCUT2D eigenvalue weighted by molar-refractivity contribution is -0.125. The zero-order valence-corrected chi connectivity index (χ0v) is 15.7. The minimum absolute atomic E-state index is 0.00803. The molecule has 0 saturated carbocycles. The van der Waals surface area contributed by atoms with Crippen molar-refractivity contribution in [3.8, 4) is 0 Å². The second-order valence-electron chi connectivity index (χ2n) is 5.96. The van der Waals surface area contributed by atoms with Crippen molar-refractivity contribution >= 4 is 28.8 Å². The van der Waals surface area contributed by atoms with Crippen molar-refractivity contribution in [2.75, 3.05) is 5.32 Å². The van der Waals surface area contributed by atoms with Crippen LogP contribution in [0.15, 0.2) is 24.3 Å². The molecule has 6 nitrogen and oxygen atoms in total. The number of benzene rings is 1. The third-order valence-corrected chi connectivity index (χ3v) is 4.72. The van der Waals surface area contributed by atoms with Gasteiger partial charge in [-0.2, -0.15) is 0 Å². The predicted molar refractivity (Wildman–Crippen MR) is 99.4 cm³/mol. The van der Waals surface area contributed by atoms with Crippen molar-refractivity contribution in [1.82, 2.24) is 15.5 Å². The van der Waals surface area contributed by atoms with Crippen LogP contribution in [-0.4, -0.2) is 22.0 Å². The number of nitrogens with one attached hydrogen (secondary N) is 2. The Morgan fingerprint density at radius 1 is 1.19 bits per heavy atom. The molecule has 1 aromatic carbocycles.